The molecule has 2 atom stereocenters. The second-order valence-electron chi connectivity index (χ2n) is 6.67. The van der Waals surface area contributed by atoms with Gasteiger partial charge < -0.3 is 15.0 Å². The normalized spacial score (nSPS) is 19.7. The molecule has 2 amide bonds. The van der Waals surface area contributed by atoms with E-state index < -0.39 is 0 Å². The quantitative estimate of drug-likeness (QED) is 0.773. The Bertz CT molecular complexity index is 794. The number of amides is 2. The van der Waals surface area contributed by atoms with E-state index >= 15 is 0 Å². The van der Waals surface area contributed by atoms with Crippen molar-refractivity contribution in [3.05, 3.63) is 51.7 Å². The molecule has 1 aromatic carbocycles. The van der Waals surface area contributed by atoms with Crippen LogP contribution >= 0.6 is 23.1 Å². The summed E-state index contributed by atoms with van der Waals surface area (Å²) < 4.78 is 5.69. The number of nitrogens with zero attached hydrogens (tertiary/aromatic N) is 1. The van der Waals surface area contributed by atoms with Crippen molar-refractivity contribution in [2.45, 2.75) is 37.5 Å². The maximum absolute atomic E-state index is 12.7. The minimum Gasteiger partial charge on any atom is -0.372 e. The number of nitrogens with one attached hydrogen (secondary N) is 1. The van der Waals surface area contributed by atoms with Crippen LogP contribution in [-0.4, -0.2) is 48.3 Å². The van der Waals surface area contributed by atoms with Gasteiger partial charge in [-0.1, -0.05) is 12.1 Å². The number of ether oxygens (including phenoxy) is 1. The molecule has 1 aliphatic heterocycles. The minimum absolute atomic E-state index is 0.0239. The first kappa shape index (κ1) is 19.9. The van der Waals surface area contributed by atoms with E-state index in [1.54, 1.807) is 11.8 Å². The molecule has 27 heavy (non-hydrogen) atoms. The first-order valence-electron chi connectivity index (χ1n) is 8.91. The smallest absolute Gasteiger partial charge is 0.262 e. The van der Waals surface area contributed by atoms with Gasteiger partial charge in [-0.25, -0.2) is 0 Å². The largest absolute Gasteiger partial charge is 0.372 e. The van der Waals surface area contributed by atoms with Gasteiger partial charge in [0.05, 0.1) is 12.2 Å². The van der Waals surface area contributed by atoms with Crippen LogP contribution in [0.3, 0.4) is 0 Å². The van der Waals surface area contributed by atoms with Crippen molar-refractivity contribution >= 4 is 34.9 Å². The predicted molar refractivity (Wildman–Crippen MR) is 110 cm³/mol. The van der Waals surface area contributed by atoms with Crippen molar-refractivity contribution in [1.82, 2.24) is 10.2 Å². The van der Waals surface area contributed by atoms with E-state index in [2.05, 4.69) is 5.32 Å². The molecule has 5 nitrogen and oxygen atoms in total. The molecule has 0 aliphatic carbocycles. The lowest BCUT2D eigenvalue weighted by atomic mass is 10.1. The molecule has 1 saturated heterocycles. The summed E-state index contributed by atoms with van der Waals surface area (Å²) in [6.45, 7) is 5.62. The number of thioether (sulfide) groups is 1. The van der Waals surface area contributed by atoms with Crippen molar-refractivity contribution in [2.75, 3.05) is 19.3 Å². The number of hydrogen-bond acceptors (Lipinski definition) is 5. The Balaban J connectivity index is 1.58. The topological polar surface area (TPSA) is 58.6 Å². The van der Waals surface area contributed by atoms with Gasteiger partial charge in [0.1, 0.15) is 4.88 Å². The van der Waals surface area contributed by atoms with Gasteiger partial charge in [0.2, 0.25) is 0 Å². The number of benzene rings is 1. The van der Waals surface area contributed by atoms with Gasteiger partial charge in [-0.15, -0.1) is 23.1 Å². The zero-order chi connectivity index (χ0) is 19.4. The molecule has 2 heterocycles. The maximum atomic E-state index is 12.7. The Morgan fingerprint density at radius 3 is 2.48 bits per heavy atom. The summed E-state index contributed by atoms with van der Waals surface area (Å²) in [5, 5.41) is 4.87. The Morgan fingerprint density at radius 2 is 1.85 bits per heavy atom. The lowest BCUT2D eigenvalue weighted by molar-refractivity contribution is -0.0586. The molecular formula is C20H24N2O3S2. The number of carbonyl (C=O) groups is 2. The number of hydrogen-bond donors (Lipinski definition) is 1. The molecule has 0 bridgehead atoms. The third-order valence-corrected chi connectivity index (χ3v) is 6.24. The fourth-order valence-corrected chi connectivity index (χ4v) is 4.84. The standard InChI is InChI=1S/C20H24N2O3S2/c1-13-11-22(12-14(2)25-13)20(24)16-6-4-15(5-7-16)10-21-19(23)18-17(26-3)8-9-27-18/h4-9,13-14H,10-12H2,1-3H3,(H,21,23). The van der Waals surface area contributed by atoms with E-state index in [0.717, 1.165) is 15.3 Å². The van der Waals surface area contributed by atoms with Crippen LogP contribution in [0.1, 0.15) is 39.4 Å². The molecule has 144 valence electrons. The third kappa shape index (κ3) is 4.91. The molecule has 1 fully saturated rings. The van der Waals surface area contributed by atoms with Crippen molar-refractivity contribution in [3.63, 3.8) is 0 Å². The lowest BCUT2D eigenvalue weighted by Crippen LogP contribution is -2.48. The van der Waals surface area contributed by atoms with Gasteiger partial charge in [-0.2, -0.15) is 0 Å². The average molecular weight is 405 g/mol. The van der Waals surface area contributed by atoms with Crippen LogP contribution in [0.25, 0.3) is 0 Å². The molecule has 3 rings (SSSR count). The molecule has 7 heteroatoms. The first-order valence-corrected chi connectivity index (χ1v) is 11.0. The highest BCUT2D eigenvalue weighted by atomic mass is 32.2. The van der Waals surface area contributed by atoms with E-state index in [4.69, 9.17) is 4.74 Å². The summed E-state index contributed by atoms with van der Waals surface area (Å²) in [6, 6.07) is 9.40. The number of morpholine rings is 1. The highest BCUT2D eigenvalue weighted by molar-refractivity contribution is 7.98. The fourth-order valence-electron chi connectivity index (χ4n) is 3.18. The summed E-state index contributed by atoms with van der Waals surface area (Å²) in [6.07, 6.45) is 2.07. The molecule has 0 radical (unpaired) electrons. The summed E-state index contributed by atoms with van der Waals surface area (Å²) >= 11 is 3.02. The minimum atomic E-state index is -0.0641. The van der Waals surface area contributed by atoms with Crippen molar-refractivity contribution in [2.24, 2.45) is 0 Å². The molecule has 1 aliphatic rings. The van der Waals surface area contributed by atoms with Crippen LogP contribution in [0, 0.1) is 0 Å². The predicted octanol–water partition coefficient (Wildman–Crippen LogP) is 3.65. The fraction of sp³-hybridized carbons (Fsp3) is 0.400. The number of carbonyl (C=O) groups excluding carboxylic acids is 2. The molecule has 2 unspecified atom stereocenters. The van der Waals surface area contributed by atoms with Gasteiger partial charge in [-0.3, -0.25) is 9.59 Å². The Morgan fingerprint density at radius 1 is 1.19 bits per heavy atom. The van der Waals surface area contributed by atoms with Crippen LogP contribution in [0.2, 0.25) is 0 Å². The van der Waals surface area contributed by atoms with E-state index in [1.165, 1.54) is 11.3 Å². The Hall–Kier alpha value is -1.83. The second-order valence-corrected chi connectivity index (χ2v) is 8.43. The summed E-state index contributed by atoms with van der Waals surface area (Å²) in [7, 11) is 0. The van der Waals surface area contributed by atoms with Crippen molar-refractivity contribution in [3.8, 4) is 0 Å². The maximum Gasteiger partial charge on any atom is 0.262 e. The van der Waals surface area contributed by atoms with Gasteiger partial charge in [0.15, 0.2) is 0 Å². The highest BCUT2D eigenvalue weighted by Gasteiger charge is 2.26. The van der Waals surface area contributed by atoms with Crippen LogP contribution in [0.15, 0.2) is 40.6 Å². The highest BCUT2D eigenvalue weighted by Crippen LogP contribution is 2.25. The Kier molecular flexibility index (Phi) is 6.57. The van der Waals surface area contributed by atoms with Gasteiger partial charge in [0, 0.05) is 30.1 Å². The number of thiophene rings is 1. The monoisotopic (exact) mass is 404 g/mol. The zero-order valence-electron chi connectivity index (χ0n) is 15.7. The van der Waals surface area contributed by atoms with Crippen LogP contribution in [0.4, 0.5) is 0 Å². The van der Waals surface area contributed by atoms with E-state index in [9.17, 15) is 9.59 Å². The Labute approximate surface area is 168 Å². The van der Waals surface area contributed by atoms with Crippen LogP contribution in [-0.2, 0) is 11.3 Å². The average Bonchev–Trinajstić information content (AvgIpc) is 3.14. The van der Waals surface area contributed by atoms with E-state index in [0.29, 0.717) is 25.2 Å². The SMILES string of the molecule is CSc1ccsc1C(=O)NCc1ccc(C(=O)N2CC(C)OC(C)C2)cc1. The van der Waals surface area contributed by atoms with Crippen molar-refractivity contribution in [1.29, 1.82) is 0 Å². The molecular weight excluding hydrogens is 380 g/mol. The first-order chi connectivity index (χ1) is 13.0. The molecule has 1 N–H and O–H groups in total. The van der Waals surface area contributed by atoms with Gasteiger partial charge in [0.25, 0.3) is 11.8 Å². The molecule has 0 saturated carbocycles. The van der Waals surface area contributed by atoms with Crippen LogP contribution in [0.5, 0.6) is 0 Å². The molecule has 2 aromatic rings. The molecule has 0 spiro atoms. The van der Waals surface area contributed by atoms with E-state index in [1.807, 2.05) is 60.7 Å². The van der Waals surface area contributed by atoms with Gasteiger partial charge in [-0.05, 0) is 49.2 Å². The van der Waals surface area contributed by atoms with E-state index in [-0.39, 0.29) is 24.0 Å². The zero-order valence-corrected chi connectivity index (χ0v) is 17.4. The van der Waals surface area contributed by atoms with Crippen LogP contribution < -0.4 is 5.32 Å². The number of rotatable bonds is 5. The van der Waals surface area contributed by atoms with Gasteiger partial charge >= 0.3 is 0 Å². The summed E-state index contributed by atoms with van der Waals surface area (Å²) in [5.41, 5.74) is 1.63. The summed E-state index contributed by atoms with van der Waals surface area (Å²) in [4.78, 5) is 28.6. The molecule has 1 aromatic heterocycles. The lowest BCUT2D eigenvalue weighted by Gasteiger charge is -2.35. The van der Waals surface area contributed by atoms with Crippen molar-refractivity contribution < 1.29 is 14.3 Å². The summed E-state index contributed by atoms with van der Waals surface area (Å²) in [5.74, 6) is -0.0402. The second kappa shape index (κ2) is 8.91. The third-order valence-electron chi connectivity index (χ3n) is 4.42.